The van der Waals surface area contributed by atoms with Crippen molar-refractivity contribution < 1.29 is 14.7 Å². The van der Waals surface area contributed by atoms with Gasteiger partial charge >= 0.3 is 0 Å². The number of hydrogen-bond donors (Lipinski definition) is 1. The number of aryl methyl sites for hydroxylation is 1. The summed E-state index contributed by atoms with van der Waals surface area (Å²) in [5, 5.41) is 14.2. The highest BCUT2D eigenvalue weighted by molar-refractivity contribution is 6.04. The molecule has 1 N–H and O–H groups in total. The van der Waals surface area contributed by atoms with Crippen LogP contribution in [-0.2, 0) is 16.0 Å². The molecule has 2 aliphatic rings. The van der Waals surface area contributed by atoms with Crippen LogP contribution in [0.2, 0.25) is 0 Å². The van der Waals surface area contributed by atoms with Crippen molar-refractivity contribution in [1.82, 2.24) is 4.90 Å². The number of nitrogens with zero attached hydrogens (tertiary/aromatic N) is 2. The average molecular weight is 290 g/mol. The van der Waals surface area contributed by atoms with E-state index < -0.39 is 6.10 Å². The van der Waals surface area contributed by atoms with Gasteiger partial charge in [0.25, 0.3) is 0 Å². The molecule has 1 fully saturated rings. The molecule has 1 saturated heterocycles. The van der Waals surface area contributed by atoms with E-state index in [0.717, 1.165) is 44.9 Å². The number of rotatable bonds is 5. The van der Waals surface area contributed by atoms with E-state index in [9.17, 15) is 5.11 Å². The van der Waals surface area contributed by atoms with Gasteiger partial charge in [0, 0.05) is 25.2 Å². The van der Waals surface area contributed by atoms with Crippen molar-refractivity contribution in [2.45, 2.75) is 18.9 Å². The summed E-state index contributed by atoms with van der Waals surface area (Å²) in [6, 6.07) is 8.28. The quantitative estimate of drug-likeness (QED) is 0.824. The second-order valence-corrected chi connectivity index (χ2v) is 5.56. The molecule has 0 radical (unpaired) electrons. The van der Waals surface area contributed by atoms with Crippen molar-refractivity contribution in [3.05, 3.63) is 35.4 Å². The minimum atomic E-state index is -0.510. The number of oxime groups is 1. The van der Waals surface area contributed by atoms with E-state index in [1.165, 1.54) is 11.1 Å². The molecule has 0 unspecified atom stereocenters. The van der Waals surface area contributed by atoms with Gasteiger partial charge in [-0.3, -0.25) is 4.90 Å². The number of hydrogen-bond acceptors (Lipinski definition) is 5. The molecule has 0 amide bonds. The molecule has 5 heteroatoms. The maximum absolute atomic E-state index is 9.99. The van der Waals surface area contributed by atoms with Crippen LogP contribution in [0.5, 0.6) is 0 Å². The first-order valence-electron chi connectivity index (χ1n) is 7.58. The summed E-state index contributed by atoms with van der Waals surface area (Å²) in [5.41, 5.74) is 3.50. The first-order valence-corrected chi connectivity index (χ1v) is 7.58. The first-order chi connectivity index (χ1) is 10.3. The fourth-order valence-corrected chi connectivity index (χ4v) is 2.84. The molecule has 1 aliphatic carbocycles. The Balaban J connectivity index is 1.46. The molecule has 1 aliphatic heterocycles. The average Bonchev–Trinajstić information content (AvgIpc) is 2.92. The SMILES string of the molecule is O[C@@H](CO/N=C1/CCc2ccccc21)CN1CCOCC1. The molecule has 1 aromatic rings. The Labute approximate surface area is 125 Å². The van der Waals surface area contributed by atoms with Crippen LogP contribution in [0, 0.1) is 0 Å². The van der Waals surface area contributed by atoms with Gasteiger partial charge in [0.05, 0.1) is 18.9 Å². The fraction of sp³-hybridized carbons (Fsp3) is 0.562. The zero-order chi connectivity index (χ0) is 14.5. The smallest absolute Gasteiger partial charge is 0.144 e. The maximum atomic E-state index is 9.99. The van der Waals surface area contributed by atoms with Gasteiger partial charge < -0.3 is 14.7 Å². The summed E-state index contributed by atoms with van der Waals surface area (Å²) < 4.78 is 5.29. The van der Waals surface area contributed by atoms with Gasteiger partial charge in [-0.05, 0) is 18.4 Å². The van der Waals surface area contributed by atoms with E-state index in [1.54, 1.807) is 0 Å². The van der Waals surface area contributed by atoms with Crippen LogP contribution in [0.1, 0.15) is 17.5 Å². The topological polar surface area (TPSA) is 54.3 Å². The minimum absolute atomic E-state index is 0.239. The Morgan fingerprint density at radius 2 is 2.05 bits per heavy atom. The second kappa shape index (κ2) is 7.02. The lowest BCUT2D eigenvalue weighted by Crippen LogP contribution is -2.42. The lowest BCUT2D eigenvalue weighted by molar-refractivity contribution is -0.0131. The predicted octanol–water partition coefficient (Wildman–Crippen LogP) is 1.05. The van der Waals surface area contributed by atoms with Crippen LogP contribution < -0.4 is 0 Å². The van der Waals surface area contributed by atoms with Crippen LogP contribution in [0.4, 0.5) is 0 Å². The van der Waals surface area contributed by atoms with E-state index in [1.807, 2.05) is 6.07 Å². The summed E-state index contributed by atoms with van der Waals surface area (Å²) in [6.45, 7) is 4.09. The molecule has 5 nitrogen and oxygen atoms in total. The molecule has 0 saturated carbocycles. The van der Waals surface area contributed by atoms with Crippen LogP contribution in [0.15, 0.2) is 29.4 Å². The van der Waals surface area contributed by atoms with Crippen LogP contribution in [-0.4, -0.2) is 61.3 Å². The Hall–Kier alpha value is -1.43. The van der Waals surface area contributed by atoms with Crippen LogP contribution in [0.3, 0.4) is 0 Å². The summed E-state index contributed by atoms with van der Waals surface area (Å²) in [6.07, 6.45) is 1.43. The van der Waals surface area contributed by atoms with E-state index in [0.29, 0.717) is 6.54 Å². The van der Waals surface area contributed by atoms with E-state index >= 15 is 0 Å². The maximum Gasteiger partial charge on any atom is 0.144 e. The Bertz CT molecular complexity index is 498. The molecule has 0 aromatic heterocycles. The molecule has 21 heavy (non-hydrogen) atoms. The van der Waals surface area contributed by atoms with Gasteiger partial charge in [-0.1, -0.05) is 29.4 Å². The summed E-state index contributed by atoms with van der Waals surface area (Å²) in [4.78, 5) is 7.55. The number of benzene rings is 1. The molecule has 1 aromatic carbocycles. The van der Waals surface area contributed by atoms with Gasteiger partial charge in [0.1, 0.15) is 12.7 Å². The van der Waals surface area contributed by atoms with Gasteiger partial charge in [-0.25, -0.2) is 0 Å². The zero-order valence-corrected chi connectivity index (χ0v) is 12.2. The van der Waals surface area contributed by atoms with Gasteiger partial charge in [-0.2, -0.15) is 0 Å². The monoisotopic (exact) mass is 290 g/mol. The molecule has 0 bridgehead atoms. The number of β-amino-alcohol motifs (C(OH)–C–C–N with tert-alkyl or cyclic N) is 1. The number of aliphatic hydroxyl groups excluding tert-OH is 1. The first kappa shape index (κ1) is 14.5. The third kappa shape index (κ3) is 3.81. The van der Waals surface area contributed by atoms with E-state index in [-0.39, 0.29) is 6.61 Å². The number of aliphatic hydroxyl groups is 1. The highest BCUT2D eigenvalue weighted by Crippen LogP contribution is 2.22. The number of fused-ring (bicyclic) bond motifs is 1. The molecule has 114 valence electrons. The second-order valence-electron chi connectivity index (χ2n) is 5.56. The summed E-state index contributed by atoms with van der Waals surface area (Å²) in [7, 11) is 0. The molecular formula is C16H22N2O3. The Kier molecular flexibility index (Phi) is 4.85. The Morgan fingerprint density at radius 3 is 2.90 bits per heavy atom. The zero-order valence-electron chi connectivity index (χ0n) is 12.2. The molecule has 1 atom stereocenters. The normalized spacial score (nSPS) is 22.2. The van der Waals surface area contributed by atoms with Crippen molar-refractivity contribution in [1.29, 1.82) is 0 Å². The van der Waals surface area contributed by atoms with Gasteiger partial charge in [0.2, 0.25) is 0 Å². The van der Waals surface area contributed by atoms with Crippen molar-refractivity contribution in [2.75, 3.05) is 39.5 Å². The highest BCUT2D eigenvalue weighted by atomic mass is 16.6. The van der Waals surface area contributed by atoms with Crippen LogP contribution in [0.25, 0.3) is 0 Å². The molecular weight excluding hydrogens is 268 g/mol. The fourth-order valence-electron chi connectivity index (χ4n) is 2.84. The van der Waals surface area contributed by atoms with Gasteiger partial charge in [0.15, 0.2) is 0 Å². The highest BCUT2D eigenvalue weighted by Gasteiger charge is 2.18. The third-order valence-electron chi connectivity index (χ3n) is 3.97. The van der Waals surface area contributed by atoms with Crippen molar-refractivity contribution in [3.63, 3.8) is 0 Å². The molecule has 0 spiro atoms. The van der Waals surface area contributed by atoms with Crippen molar-refractivity contribution in [3.8, 4) is 0 Å². The third-order valence-corrected chi connectivity index (χ3v) is 3.97. The van der Waals surface area contributed by atoms with Crippen molar-refractivity contribution in [2.24, 2.45) is 5.16 Å². The summed E-state index contributed by atoms with van der Waals surface area (Å²) >= 11 is 0. The number of morpholine rings is 1. The Morgan fingerprint density at radius 1 is 1.24 bits per heavy atom. The number of ether oxygens (including phenoxy) is 1. The lowest BCUT2D eigenvalue weighted by Gasteiger charge is -2.28. The van der Waals surface area contributed by atoms with Crippen LogP contribution >= 0.6 is 0 Å². The molecule has 3 rings (SSSR count). The minimum Gasteiger partial charge on any atom is -0.393 e. The standard InChI is InChI=1S/C16H22N2O3/c19-14(11-18-7-9-20-10-8-18)12-21-17-16-6-5-13-3-1-2-4-15(13)16/h1-4,14,19H,5-12H2/b17-16-/t14-/m1/s1. The largest absolute Gasteiger partial charge is 0.393 e. The van der Waals surface area contributed by atoms with Gasteiger partial charge in [-0.15, -0.1) is 0 Å². The lowest BCUT2D eigenvalue weighted by atomic mass is 10.1. The summed E-state index contributed by atoms with van der Waals surface area (Å²) in [5.74, 6) is 0. The van der Waals surface area contributed by atoms with Crippen molar-refractivity contribution >= 4 is 5.71 Å². The van der Waals surface area contributed by atoms with E-state index in [4.69, 9.17) is 9.57 Å². The predicted molar refractivity (Wildman–Crippen MR) is 80.5 cm³/mol. The van der Waals surface area contributed by atoms with E-state index in [2.05, 4.69) is 28.3 Å². The molecule has 1 heterocycles.